The Labute approximate surface area is 710 Å². The smallest absolute Gasteiger partial charge is 0.246 e. The molecule has 30 N–H and O–H groups in total. The Balaban J connectivity index is 1.30. The Hall–Kier alpha value is -10.9. The van der Waals surface area contributed by atoms with Gasteiger partial charge in [0.05, 0.1) is 6.10 Å². The number of likely N-dealkylation sites (N-methyl/N-ethyl adjacent to an activating group) is 1. The number of nitrogens with two attached hydrogens (primary N) is 8. The van der Waals surface area contributed by atoms with Gasteiger partial charge in [-0.2, -0.15) is 0 Å². The van der Waals surface area contributed by atoms with E-state index in [-0.39, 0.29) is 174 Å². The number of benzene rings is 2. The van der Waals surface area contributed by atoms with Gasteiger partial charge in [0, 0.05) is 73.7 Å². The minimum Gasteiger partial charge on any atom is -0.391 e. The number of unbranched alkanes of at least 4 members (excludes halogenated alkanes) is 2. The molecule has 0 spiro atoms. The third-order valence-electron chi connectivity index (χ3n) is 22.3. The number of amides is 14. The Morgan fingerprint density at radius 2 is 0.820 bits per heavy atom. The lowest BCUT2D eigenvalue weighted by molar-refractivity contribution is -0.148. The number of carbonyl (C=O) groups excluding carboxylic acids is 14. The molecule has 0 unspecified atom stereocenters. The number of aliphatic hydroxyl groups is 1. The molecule has 122 heavy (non-hydrogen) atoms. The zero-order valence-corrected chi connectivity index (χ0v) is 70.8. The van der Waals surface area contributed by atoms with Crippen LogP contribution in [0.15, 0.2) is 65.9 Å². The van der Waals surface area contributed by atoms with Crippen LogP contribution in [0.25, 0.3) is 21.8 Å². The Morgan fingerprint density at radius 3 is 1.32 bits per heavy atom. The number of aromatic amines is 2. The van der Waals surface area contributed by atoms with Gasteiger partial charge in [0.15, 0.2) is 5.96 Å². The van der Waals surface area contributed by atoms with Gasteiger partial charge in [-0.1, -0.05) is 50.2 Å². The normalized spacial score (nSPS) is 25.5. The number of guanidine groups is 1. The molecule has 5 heterocycles. The fourth-order valence-electron chi connectivity index (χ4n) is 15.5. The van der Waals surface area contributed by atoms with E-state index < -0.39 is 173 Å². The summed E-state index contributed by atoms with van der Waals surface area (Å²) in [4.78, 5) is 223. The van der Waals surface area contributed by atoms with E-state index in [0.29, 0.717) is 65.0 Å². The number of hydrogen-bond acceptors (Lipinski definition) is 22. The number of hydrogen-bond donors (Lipinski definition) is 22. The van der Waals surface area contributed by atoms with Gasteiger partial charge in [-0.05, 0) is 204 Å². The predicted molar refractivity (Wildman–Crippen MR) is 458 cm³/mol. The van der Waals surface area contributed by atoms with Crippen molar-refractivity contribution in [2.75, 3.05) is 66.0 Å². The number of aliphatic hydroxyl groups excluding tert-OH is 1. The second-order valence-corrected chi connectivity index (χ2v) is 32.1. The Bertz CT molecular complexity index is 4230. The van der Waals surface area contributed by atoms with E-state index >= 15 is 19.2 Å². The highest BCUT2D eigenvalue weighted by molar-refractivity contribution is 6.02. The molecule has 3 aliphatic rings. The van der Waals surface area contributed by atoms with Crippen molar-refractivity contribution in [2.45, 2.75) is 253 Å². The van der Waals surface area contributed by atoms with Crippen molar-refractivity contribution in [3.63, 3.8) is 0 Å². The molecule has 0 aliphatic carbocycles. The molecule has 3 aliphatic heterocycles. The molecule has 0 saturated carbocycles. The van der Waals surface area contributed by atoms with Crippen molar-refractivity contribution in [1.82, 2.24) is 83.2 Å². The molecule has 0 bridgehead atoms. The molecule has 4 aromatic rings. The third-order valence-corrected chi connectivity index (χ3v) is 22.3. The minimum atomic E-state index is -1.76. The third kappa shape index (κ3) is 28.3. The highest BCUT2D eigenvalue weighted by Gasteiger charge is 2.46. The predicted octanol–water partition coefficient (Wildman–Crippen LogP) is -4.48. The summed E-state index contributed by atoms with van der Waals surface area (Å²) in [6, 6.07) is -5.58. The quantitative estimate of drug-likeness (QED) is 0.0138. The Morgan fingerprint density at radius 1 is 0.418 bits per heavy atom. The largest absolute Gasteiger partial charge is 0.391 e. The number of H-pyrrole nitrogens is 2. The van der Waals surface area contributed by atoms with E-state index in [1.165, 1.54) is 30.7 Å². The van der Waals surface area contributed by atoms with E-state index in [1.54, 1.807) is 74.8 Å². The topological polar surface area (TPSA) is 653 Å². The molecule has 3 saturated heterocycles. The lowest BCUT2D eigenvalue weighted by atomic mass is 9.99. The lowest BCUT2D eigenvalue weighted by Crippen LogP contribution is -2.62. The van der Waals surface area contributed by atoms with Gasteiger partial charge in [0.2, 0.25) is 82.7 Å². The van der Waals surface area contributed by atoms with Crippen molar-refractivity contribution in [2.24, 2.45) is 56.8 Å². The van der Waals surface area contributed by atoms with Crippen molar-refractivity contribution < 1.29 is 72.2 Å². The molecule has 3 fully saturated rings. The minimum absolute atomic E-state index is 0.0306. The molecular formula is C82H131N25O15. The van der Waals surface area contributed by atoms with Gasteiger partial charge in [0.1, 0.15) is 84.6 Å². The first kappa shape index (κ1) is 98.2. The number of carbonyl (C=O) groups is 14. The molecule has 7 rings (SSSR count). The standard InChI is InChI=1S/C82H131N25O15/c1-46(2)41-62-74(115)98-59(31-37-88)73(114)96-56(25-14-34-85)70(111)95-55(23-10-12-32-83)72(113)101-60(27-16-38-91-82(89)90)79(120)105(5)66(43-50-45-93-54-22-9-7-20-52(50)54)77(118)99-57(26-15-35-86)71(112)97-58(30-36-87)69(110)94-47(3)68(109)100-61(24-11-13-33-84)80(121)107-40-18-29-65(107)81(122)106-39-17-28-64(106)76(117)104-67(48(4)108)78(119)103-63(75(116)102-62)42-49-44-92-53-21-8-6-19-51(49)53/h6-9,19-22,44-48,55-67,92-93,108H,10-18,23-43,83-88H2,1-5H3,(H,94,110)(H,95,111)(H,96,114)(H,97,112)(H,98,115)(H,99,118)(H,100,109)(H,101,113)(H,102,116)(H,103,119)(H,104,117)(H4,89,90,91)/t47-,48+,55+,56-,57-,58-,59-,60-,61-,62-,63-,64-,65+,66-,67-/m0/s1. The van der Waals surface area contributed by atoms with Crippen LogP contribution >= 0.6 is 0 Å². The van der Waals surface area contributed by atoms with Gasteiger partial charge < -0.3 is 134 Å². The van der Waals surface area contributed by atoms with E-state index in [2.05, 4.69) is 73.4 Å². The number of aromatic nitrogens is 2. The Kier molecular flexibility index (Phi) is 39.6. The molecular weight excluding hydrogens is 1580 g/mol. The number of nitrogens with zero attached hydrogens (tertiary/aromatic N) is 4. The maximum atomic E-state index is 15.5. The van der Waals surface area contributed by atoms with E-state index in [0.717, 1.165) is 4.90 Å². The van der Waals surface area contributed by atoms with Crippen molar-refractivity contribution in [1.29, 1.82) is 0 Å². The number of aliphatic imine (C=N–C) groups is 1. The van der Waals surface area contributed by atoms with Crippen LogP contribution in [0.1, 0.15) is 161 Å². The van der Waals surface area contributed by atoms with Crippen molar-refractivity contribution in [3.8, 4) is 0 Å². The van der Waals surface area contributed by atoms with Crippen molar-refractivity contribution in [3.05, 3.63) is 72.1 Å². The molecule has 0 radical (unpaired) electrons. The van der Waals surface area contributed by atoms with Crippen LogP contribution in [-0.2, 0) is 80.0 Å². The highest BCUT2D eigenvalue weighted by atomic mass is 16.3. The number of nitrogens with one attached hydrogen (secondary N) is 13. The van der Waals surface area contributed by atoms with Crippen molar-refractivity contribution >= 4 is 110 Å². The zero-order valence-electron chi connectivity index (χ0n) is 70.8. The van der Waals surface area contributed by atoms with Gasteiger partial charge in [0.25, 0.3) is 0 Å². The monoisotopic (exact) mass is 1710 g/mol. The zero-order chi connectivity index (χ0) is 89.3. The van der Waals surface area contributed by atoms with Crippen LogP contribution in [0.5, 0.6) is 0 Å². The maximum Gasteiger partial charge on any atom is 0.246 e. The number of rotatable bonds is 29. The van der Waals surface area contributed by atoms with Gasteiger partial charge in [-0.15, -0.1) is 0 Å². The van der Waals surface area contributed by atoms with Crippen LogP contribution in [0.2, 0.25) is 0 Å². The summed E-state index contributed by atoms with van der Waals surface area (Å²) in [5.74, 6) is -12.3. The fraction of sp³-hybridized carbons (Fsp3) is 0.622. The fourth-order valence-corrected chi connectivity index (χ4v) is 15.5. The van der Waals surface area contributed by atoms with E-state index in [9.17, 15) is 53.1 Å². The summed E-state index contributed by atoms with van der Waals surface area (Å²) in [6.07, 6.45) is 3.19. The average Bonchev–Trinajstić information content (AvgIpc) is 1.64. The summed E-state index contributed by atoms with van der Waals surface area (Å²) in [7, 11) is 1.34. The second kappa shape index (κ2) is 49.3. The molecule has 2 aromatic heterocycles. The van der Waals surface area contributed by atoms with Crippen LogP contribution < -0.4 is 104 Å². The SMILES string of the molecule is CC(C)C[C@@H]1NC(=O)[C@H](Cc2c[nH]c3ccccc23)NC(=O)[C@H]([C@@H](C)O)NC(=O)[C@@H]2CCCN2C(=O)[C@H]2CCCN2C(=O)[C@H](CCCCN)NC(=O)[C@H](C)NC(=O)[C@H](CCN)NC(=O)[C@H](CCCN)NC(=O)[C@H](Cc2c[nH]c3ccccc23)N(C)C(=O)[C@H](CCCN=C(N)N)NC(=O)[C@@H](CCCCN)NC(=O)[C@H](CCCN)NC(=O)[C@H](CCN)NC1=O. The summed E-state index contributed by atoms with van der Waals surface area (Å²) < 4.78 is 0. The summed E-state index contributed by atoms with van der Waals surface area (Å²) in [6.45, 7) is 6.39. The molecule has 15 atom stereocenters. The first-order valence-electron chi connectivity index (χ1n) is 42.6. The summed E-state index contributed by atoms with van der Waals surface area (Å²) in [5, 5.41) is 42.7. The lowest BCUT2D eigenvalue weighted by Gasteiger charge is -2.34. The van der Waals surface area contributed by atoms with Gasteiger partial charge >= 0.3 is 0 Å². The summed E-state index contributed by atoms with van der Waals surface area (Å²) >= 11 is 0. The molecule has 2 aromatic carbocycles. The van der Waals surface area contributed by atoms with Crippen LogP contribution in [0.4, 0.5) is 0 Å². The molecule has 40 heteroatoms. The molecule has 40 nitrogen and oxygen atoms in total. The average molecular weight is 1710 g/mol. The van der Waals surface area contributed by atoms with Crippen LogP contribution in [0.3, 0.4) is 0 Å². The second-order valence-electron chi connectivity index (χ2n) is 32.1. The first-order chi connectivity index (χ1) is 58.4. The highest BCUT2D eigenvalue weighted by Crippen LogP contribution is 2.28. The number of fused-ring (bicyclic) bond motifs is 4. The van der Waals surface area contributed by atoms with E-state index in [1.807, 2.05) is 0 Å². The number of para-hydroxylation sites is 2. The first-order valence-corrected chi connectivity index (χ1v) is 42.6. The van der Waals surface area contributed by atoms with Gasteiger partial charge in [-0.3, -0.25) is 72.1 Å². The molecule has 674 valence electrons. The van der Waals surface area contributed by atoms with Gasteiger partial charge in [-0.25, -0.2) is 0 Å². The summed E-state index contributed by atoms with van der Waals surface area (Å²) in [5.41, 5.74) is 50.0. The van der Waals surface area contributed by atoms with E-state index in [4.69, 9.17) is 45.9 Å². The van der Waals surface area contributed by atoms with Crippen LogP contribution in [0, 0.1) is 5.92 Å². The maximum absolute atomic E-state index is 15.5. The molecule has 14 amide bonds. The van der Waals surface area contributed by atoms with Crippen LogP contribution in [-0.4, -0.2) is 275 Å².